The number of hydrogen-bond acceptors (Lipinski definition) is 4. The van der Waals surface area contributed by atoms with Crippen LogP contribution in [0.5, 0.6) is 11.5 Å². The Labute approximate surface area is 133 Å². The van der Waals surface area contributed by atoms with Crippen LogP contribution in [-0.4, -0.2) is 29.5 Å². The first-order chi connectivity index (χ1) is 11.2. The van der Waals surface area contributed by atoms with E-state index in [4.69, 9.17) is 9.47 Å². The molecular weight excluding hydrogens is 294 g/mol. The summed E-state index contributed by atoms with van der Waals surface area (Å²) in [6.45, 7) is 0.304. The second-order valence-electron chi connectivity index (χ2n) is 4.89. The lowest BCUT2D eigenvalue weighted by atomic mass is 10.1. The lowest BCUT2D eigenvalue weighted by Crippen LogP contribution is -2.25. The van der Waals surface area contributed by atoms with Crippen LogP contribution in [0.4, 0.5) is 0 Å². The van der Waals surface area contributed by atoms with Crippen molar-refractivity contribution >= 4 is 11.4 Å². The zero-order valence-electron chi connectivity index (χ0n) is 12.9. The van der Waals surface area contributed by atoms with E-state index in [1.165, 1.54) is 14.2 Å². The molecule has 0 aliphatic heterocycles. The van der Waals surface area contributed by atoms with Gasteiger partial charge in [0.2, 0.25) is 0 Å². The lowest BCUT2D eigenvalue weighted by Gasteiger charge is -2.12. The zero-order valence-corrected chi connectivity index (χ0v) is 12.9. The third kappa shape index (κ3) is 2.83. The molecule has 2 heterocycles. The number of benzene rings is 1. The standard InChI is InChI=1S/C17H17N3O3/c1-22-13-7-5-8-14(23-2)16(13)17(21)19-11-15-18-10-12-6-3-4-9-20(12)15/h3-10H,11H2,1-2H3,(H,19,21). The molecule has 0 bridgehead atoms. The van der Waals surface area contributed by atoms with Crippen LogP contribution in [-0.2, 0) is 6.54 Å². The molecule has 0 fully saturated rings. The molecule has 0 aliphatic rings. The molecule has 0 saturated heterocycles. The van der Waals surface area contributed by atoms with Gasteiger partial charge >= 0.3 is 0 Å². The summed E-state index contributed by atoms with van der Waals surface area (Å²) < 4.78 is 12.4. The summed E-state index contributed by atoms with van der Waals surface area (Å²) in [7, 11) is 3.04. The van der Waals surface area contributed by atoms with Gasteiger partial charge in [-0.15, -0.1) is 0 Å². The number of imidazole rings is 1. The highest BCUT2D eigenvalue weighted by Crippen LogP contribution is 2.28. The molecule has 0 unspecified atom stereocenters. The van der Waals surface area contributed by atoms with Crippen molar-refractivity contribution in [2.75, 3.05) is 14.2 Å². The summed E-state index contributed by atoms with van der Waals surface area (Å²) in [6.07, 6.45) is 3.68. The first kappa shape index (κ1) is 14.9. The van der Waals surface area contributed by atoms with E-state index < -0.39 is 0 Å². The number of nitrogens with one attached hydrogen (secondary N) is 1. The Kier molecular flexibility index (Phi) is 4.14. The average Bonchev–Trinajstić information content (AvgIpc) is 3.02. The molecular formula is C17H17N3O3. The van der Waals surface area contributed by atoms with Crippen molar-refractivity contribution in [1.29, 1.82) is 0 Å². The maximum Gasteiger partial charge on any atom is 0.259 e. The van der Waals surface area contributed by atoms with Crippen LogP contribution in [0, 0.1) is 0 Å². The van der Waals surface area contributed by atoms with Crippen LogP contribution in [0.1, 0.15) is 16.2 Å². The van der Waals surface area contributed by atoms with Crippen LogP contribution >= 0.6 is 0 Å². The third-order valence-corrected chi connectivity index (χ3v) is 3.58. The number of carbonyl (C=O) groups excluding carboxylic acids is 1. The number of amides is 1. The maximum atomic E-state index is 12.5. The Morgan fingerprint density at radius 3 is 2.57 bits per heavy atom. The number of fused-ring (bicyclic) bond motifs is 1. The molecule has 23 heavy (non-hydrogen) atoms. The van der Waals surface area contributed by atoms with Crippen molar-refractivity contribution in [3.63, 3.8) is 0 Å². The van der Waals surface area contributed by atoms with Gasteiger partial charge in [0.15, 0.2) is 0 Å². The normalized spacial score (nSPS) is 10.5. The fraction of sp³-hybridized carbons (Fsp3) is 0.176. The summed E-state index contributed by atoms with van der Waals surface area (Å²) in [5, 5.41) is 2.86. The molecule has 0 spiro atoms. The van der Waals surface area contributed by atoms with E-state index in [2.05, 4.69) is 10.3 Å². The van der Waals surface area contributed by atoms with Crippen LogP contribution < -0.4 is 14.8 Å². The average molecular weight is 311 g/mol. The van der Waals surface area contributed by atoms with Crippen LogP contribution in [0.25, 0.3) is 5.52 Å². The number of methoxy groups -OCH3 is 2. The van der Waals surface area contributed by atoms with Gasteiger partial charge in [0.05, 0.1) is 32.5 Å². The van der Waals surface area contributed by atoms with E-state index in [0.29, 0.717) is 23.6 Å². The molecule has 3 aromatic rings. The number of nitrogens with zero attached hydrogens (tertiary/aromatic N) is 2. The second-order valence-corrected chi connectivity index (χ2v) is 4.89. The highest BCUT2D eigenvalue weighted by Gasteiger charge is 2.18. The predicted octanol–water partition coefficient (Wildman–Crippen LogP) is 2.28. The summed E-state index contributed by atoms with van der Waals surface area (Å²) >= 11 is 0. The van der Waals surface area contributed by atoms with Crippen molar-refractivity contribution in [3.05, 3.63) is 60.2 Å². The molecule has 118 valence electrons. The number of aromatic nitrogens is 2. The molecule has 0 aliphatic carbocycles. The summed E-state index contributed by atoms with van der Waals surface area (Å²) in [5.74, 6) is 1.42. The van der Waals surface area contributed by atoms with Gasteiger partial charge in [-0.25, -0.2) is 4.98 Å². The van der Waals surface area contributed by atoms with Crippen LogP contribution in [0.15, 0.2) is 48.8 Å². The molecule has 6 heteroatoms. The smallest absolute Gasteiger partial charge is 0.259 e. The van der Waals surface area contributed by atoms with Crippen molar-refractivity contribution in [2.45, 2.75) is 6.54 Å². The van der Waals surface area contributed by atoms with Crippen LogP contribution in [0.2, 0.25) is 0 Å². The van der Waals surface area contributed by atoms with E-state index in [0.717, 1.165) is 11.3 Å². The molecule has 1 N–H and O–H groups in total. The largest absolute Gasteiger partial charge is 0.496 e. The monoisotopic (exact) mass is 311 g/mol. The van der Waals surface area contributed by atoms with Gasteiger partial charge in [-0.2, -0.15) is 0 Å². The van der Waals surface area contributed by atoms with Crippen LogP contribution in [0.3, 0.4) is 0 Å². The SMILES string of the molecule is COc1cccc(OC)c1C(=O)NCc1ncc2ccccn12. The van der Waals surface area contributed by atoms with E-state index in [1.807, 2.05) is 28.8 Å². The van der Waals surface area contributed by atoms with Gasteiger partial charge in [-0.3, -0.25) is 4.79 Å². The first-order valence-corrected chi connectivity index (χ1v) is 7.14. The van der Waals surface area contributed by atoms with E-state index in [-0.39, 0.29) is 5.91 Å². The minimum absolute atomic E-state index is 0.271. The Morgan fingerprint density at radius 2 is 1.87 bits per heavy atom. The Balaban J connectivity index is 1.83. The van der Waals surface area contributed by atoms with Crippen molar-refractivity contribution in [2.24, 2.45) is 0 Å². The van der Waals surface area contributed by atoms with Crippen molar-refractivity contribution in [3.8, 4) is 11.5 Å². The quantitative estimate of drug-likeness (QED) is 0.785. The summed E-state index contributed by atoms with van der Waals surface area (Å²) in [4.78, 5) is 16.9. The molecule has 1 amide bonds. The minimum atomic E-state index is -0.271. The summed E-state index contributed by atoms with van der Waals surface area (Å²) in [6, 6.07) is 11.0. The number of hydrogen-bond donors (Lipinski definition) is 1. The molecule has 0 saturated carbocycles. The molecule has 3 rings (SSSR count). The Bertz CT molecular complexity index is 820. The fourth-order valence-electron chi connectivity index (χ4n) is 2.45. The highest BCUT2D eigenvalue weighted by molar-refractivity contribution is 5.99. The Morgan fingerprint density at radius 1 is 1.13 bits per heavy atom. The van der Waals surface area contributed by atoms with Gasteiger partial charge in [0.25, 0.3) is 5.91 Å². The van der Waals surface area contributed by atoms with Gasteiger partial charge < -0.3 is 19.2 Å². The van der Waals surface area contributed by atoms with E-state index >= 15 is 0 Å². The predicted molar refractivity (Wildman–Crippen MR) is 85.9 cm³/mol. The lowest BCUT2D eigenvalue weighted by molar-refractivity contribution is 0.0943. The zero-order chi connectivity index (χ0) is 16.2. The Hall–Kier alpha value is -3.02. The van der Waals surface area contributed by atoms with Gasteiger partial charge in [0, 0.05) is 6.20 Å². The van der Waals surface area contributed by atoms with Crippen molar-refractivity contribution < 1.29 is 14.3 Å². The number of carbonyl (C=O) groups is 1. The molecule has 1 aromatic carbocycles. The second kappa shape index (κ2) is 6.39. The van der Waals surface area contributed by atoms with E-state index in [9.17, 15) is 4.79 Å². The number of rotatable bonds is 5. The van der Waals surface area contributed by atoms with Gasteiger partial charge in [-0.1, -0.05) is 12.1 Å². The van der Waals surface area contributed by atoms with Crippen molar-refractivity contribution in [1.82, 2.24) is 14.7 Å². The van der Waals surface area contributed by atoms with Gasteiger partial charge in [-0.05, 0) is 24.3 Å². The number of pyridine rings is 1. The highest BCUT2D eigenvalue weighted by atomic mass is 16.5. The van der Waals surface area contributed by atoms with Gasteiger partial charge in [0.1, 0.15) is 22.9 Å². The minimum Gasteiger partial charge on any atom is -0.496 e. The number of ether oxygens (including phenoxy) is 2. The summed E-state index contributed by atoms with van der Waals surface area (Å²) in [5.41, 5.74) is 1.35. The first-order valence-electron chi connectivity index (χ1n) is 7.14. The van der Waals surface area contributed by atoms with E-state index in [1.54, 1.807) is 24.4 Å². The molecule has 0 radical (unpaired) electrons. The molecule has 0 atom stereocenters. The fourth-order valence-corrected chi connectivity index (χ4v) is 2.45. The molecule has 2 aromatic heterocycles. The molecule has 6 nitrogen and oxygen atoms in total. The topological polar surface area (TPSA) is 64.9 Å². The third-order valence-electron chi connectivity index (χ3n) is 3.58. The maximum absolute atomic E-state index is 12.5.